The Labute approximate surface area is 129 Å². The van der Waals surface area contributed by atoms with E-state index in [2.05, 4.69) is 0 Å². The van der Waals surface area contributed by atoms with Crippen molar-refractivity contribution in [1.82, 2.24) is 0 Å². The second kappa shape index (κ2) is 8.42. The number of carbonyl (C=O) groups is 2. The smallest absolute Gasteiger partial charge is 0.338 e. The van der Waals surface area contributed by atoms with Crippen LogP contribution in [0.3, 0.4) is 0 Å². The Bertz CT molecular complexity index is 381. The quantitative estimate of drug-likeness (QED) is 0.368. The Hall–Kier alpha value is -1.22. The fraction of sp³-hybridized carbons (Fsp3) is 0.857. The summed E-state index contributed by atoms with van der Waals surface area (Å²) in [5, 5.41) is 47.6. The number of hydrogen-bond donors (Lipinski definition) is 5. The van der Waals surface area contributed by atoms with Crippen LogP contribution in [0, 0.1) is 11.8 Å². The SMILES string of the molecule is CC(C)CO[C@@](CC(C)C)(C(=O)O)[C@@H](O)[C@H](O)[C@H](O)C(=O)O. The first-order valence-electron chi connectivity index (χ1n) is 7.10. The molecule has 130 valence electrons. The lowest BCUT2D eigenvalue weighted by Crippen LogP contribution is -2.60. The molecule has 0 aliphatic heterocycles. The van der Waals surface area contributed by atoms with Gasteiger partial charge in [0, 0.05) is 0 Å². The minimum atomic E-state index is -2.32. The van der Waals surface area contributed by atoms with Crippen molar-refractivity contribution in [3.8, 4) is 0 Å². The summed E-state index contributed by atoms with van der Waals surface area (Å²) in [6, 6.07) is 0. The van der Waals surface area contributed by atoms with Gasteiger partial charge in [0.1, 0.15) is 12.2 Å². The van der Waals surface area contributed by atoms with Crippen molar-refractivity contribution in [3.05, 3.63) is 0 Å². The van der Waals surface area contributed by atoms with Crippen molar-refractivity contribution in [2.45, 2.75) is 58.0 Å². The highest BCUT2D eigenvalue weighted by atomic mass is 16.5. The van der Waals surface area contributed by atoms with Gasteiger partial charge in [0.05, 0.1) is 6.61 Å². The summed E-state index contributed by atoms with van der Waals surface area (Å²) in [6.45, 7) is 6.94. The molecule has 0 fully saturated rings. The van der Waals surface area contributed by atoms with E-state index in [1.165, 1.54) is 0 Å². The van der Waals surface area contributed by atoms with Crippen LogP contribution in [0.4, 0.5) is 0 Å². The predicted molar refractivity (Wildman–Crippen MR) is 76.3 cm³/mol. The first-order chi connectivity index (χ1) is 9.95. The minimum Gasteiger partial charge on any atom is -0.479 e. The molecule has 5 N–H and O–H groups in total. The number of carboxylic acids is 2. The molecule has 0 aromatic carbocycles. The van der Waals surface area contributed by atoms with E-state index in [4.69, 9.17) is 9.84 Å². The Balaban J connectivity index is 5.59. The lowest BCUT2D eigenvalue weighted by molar-refractivity contribution is -0.211. The molecule has 0 saturated heterocycles. The van der Waals surface area contributed by atoms with Crippen molar-refractivity contribution in [2.75, 3.05) is 6.61 Å². The fourth-order valence-electron chi connectivity index (χ4n) is 2.06. The second-order valence-electron chi connectivity index (χ2n) is 6.22. The molecule has 0 bridgehead atoms. The van der Waals surface area contributed by atoms with Gasteiger partial charge < -0.3 is 30.3 Å². The molecule has 0 radical (unpaired) electrons. The van der Waals surface area contributed by atoms with Crippen LogP contribution in [0.2, 0.25) is 0 Å². The molecule has 22 heavy (non-hydrogen) atoms. The first kappa shape index (κ1) is 20.8. The Kier molecular flexibility index (Phi) is 7.96. The number of aliphatic carboxylic acids is 2. The third kappa shape index (κ3) is 5.20. The molecule has 0 rings (SSSR count). The molecule has 0 aliphatic carbocycles. The lowest BCUT2D eigenvalue weighted by atomic mass is 9.83. The van der Waals surface area contributed by atoms with E-state index in [0.29, 0.717) is 0 Å². The molecule has 0 saturated carbocycles. The van der Waals surface area contributed by atoms with Crippen molar-refractivity contribution in [2.24, 2.45) is 11.8 Å². The van der Waals surface area contributed by atoms with Crippen molar-refractivity contribution in [3.63, 3.8) is 0 Å². The van der Waals surface area contributed by atoms with Gasteiger partial charge in [-0.25, -0.2) is 9.59 Å². The molecule has 8 heteroatoms. The summed E-state index contributed by atoms with van der Waals surface area (Å²) < 4.78 is 5.36. The highest BCUT2D eigenvalue weighted by molar-refractivity contribution is 5.79. The van der Waals surface area contributed by atoms with E-state index < -0.39 is 35.9 Å². The fourth-order valence-corrected chi connectivity index (χ4v) is 2.06. The van der Waals surface area contributed by atoms with Crippen LogP contribution in [0.15, 0.2) is 0 Å². The second-order valence-corrected chi connectivity index (χ2v) is 6.22. The van der Waals surface area contributed by atoms with Crippen LogP contribution in [0.25, 0.3) is 0 Å². The molecule has 0 aromatic rings. The van der Waals surface area contributed by atoms with Crippen LogP contribution in [-0.4, -0.2) is 68.0 Å². The molecule has 0 aromatic heterocycles. The van der Waals surface area contributed by atoms with E-state index in [1.54, 1.807) is 27.7 Å². The van der Waals surface area contributed by atoms with Crippen LogP contribution < -0.4 is 0 Å². The summed E-state index contributed by atoms with van der Waals surface area (Å²) in [5.41, 5.74) is -2.20. The number of ether oxygens (including phenoxy) is 1. The van der Waals surface area contributed by atoms with E-state index in [0.717, 1.165) is 0 Å². The van der Waals surface area contributed by atoms with Gasteiger partial charge in [-0.2, -0.15) is 0 Å². The van der Waals surface area contributed by atoms with E-state index in [-0.39, 0.29) is 24.9 Å². The number of hydrogen-bond acceptors (Lipinski definition) is 6. The Morgan fingerprint density at radius 3 is 1.82 bits per heavy atom. The first-order valence-corrected chi connectivity index (χ1v) is 7.10. The standard InChI is InChI=1S/C14H26O8/c1-7(2)5-14(13(20)21,22-6-8(3)4)11(17)9(15)10(16)12(18)19/h7-11,15-17H,5-6H2,1-4H3,(H,18,19)(H,20,21)/t9-,10+,11+,14-/m1/s1. The summed E-state index contributed by atoms with van der Waals surface area (Å²) in [6.07, 6.45) is -6.76. The maximum absolute atomic E-state index is 11.7. The zero-order valence-electron chi connectivity index (χ0n) is 13.3. The molecular weight excluding hydrogens is 296 g/mol. The van der Waals surface area contributed by atoms with Crippen molar-refractivity contribution in [1.29, 1.82) is 0 Å². The summed E-state index contributed by atoms with van der Waals surface area (Å²) in [5.74, 6) is -3.54. The predicted octanol–water partition coefficient (Wildman–Crippen LogP) is -0.304. The zero-order valence-corrected chi connectivity index (χ0v) is 13.3. The monoisotopic (exact) mass is 322 g/mol. The lowest BCUT2D eigenvalue weighted by Gasteiger charge is -2.38. The maximum atomic E-state index is 11.7. The van der Waals surface area contributed by atoms with Gasteiger partial charge in [-0.3, -0.25) is 0 Å². The van der Waals surface area contributed by atoms with E-state index in [9.17, 15) is 30.0 Å². The minimum absolute atomic E-state index is 0.00797. The Morgan fingerprint density at radius 2 is 1.50 bits per heavy atom. The van der Waals surface area contributed by atoms with Crippen LogP contribution in [-0.2, 0) is 14.3 Å². The molecule has 8 nitrogen and oxygen atoms in total. The molecule has 4 atom stereocenters. The van der Waals surface area contributed by atoms with Crippen molar-refractivity contribution < 1.29 is 39.9 Å². The molecule has 0 aliphatic rings. The molecular formula is C14H26O8. The average molecular weight is 322 g/mol. The van der Waals surface area contributed by atoms with Crippen molar-refractivity contribution >= 4 is 11.9 Å². The normalized spacial score (nSPS) is 18.8. The topological polar surface area (TPSA) is 145 Å². The molecule has 0 amide bonds. The van der Waals surface area contributed by atoms with Gasteiger partial charge in [-0.1, -0.05) is 27.7 Å². The molecule has 0 spiro atoms. The highest BCUT2D eigenvalue weighted by Crippen LogP contribution is 2.29. The van der Waals surface area contributed by atoms with E-state index >= 15 is 0 Å². The van der Waals surface area contributed by atoms with Gasteiger partial charge in [0.15, 0.2) is 11.7 Å². The number of rotatable bonds is 10. The maximum Gasteiger partial charge on any atom is 0.338 e. The average Bonchev–Trinajstić information content (AvgIpc) is 2.39. The van der Waals surface area contributed by atoms with Crippen LogP contribution >= 0.6 is 0 Å². The number of aliphatic hydroxyl groups is 3. The van der Waals surface area contributed by atoms with Gasteiger partial charge in [0.2, 0.25) is 0 Å². The summed E-state index contributed by atoms with van der Waals surface area (Å²) >= 11 is 0. The largest absolute Gasteiger partial charge is 0.479 e. The number of carboxylic acid groups (broad SMARTS) is 2. The Morgan fingerprint density at radius 1 is 1.00 bits per heavy atom. The number of aliphatic hydroxyl groups excluding tert-OH is 3. The van der Waals surface area contributed by atoms with Crippen LogP contribution in [0.5, 0.6) is 0 Å². The highest BCUT2D eigenvalue weighted by Gasteiger charge is 2.52. The molecule has 0 heterocycles. The van der Waals surface area contributed by atoms with Gasteiger partial charge >= 0.3 is 11.9 Å². The third-order valence-corrected chi connectivity index (χ3v) is 3.13. The van der Waals surface area contributed by atoms with E-state index in [1.807, 2.05) is 0 Å². The summed E-state index contributed by atoms with van der Waals surface area (Å²) in [7, 11) is 0. The van der Waals surface area contributed by atoms with Gasteiger partial charge in [-0.15, -0.1) is 0 Å². The molecule has 0 unspecified atom stereocenters. The third-order valence-electron chi connectivity index (χ3n) is 3.13. The van der Waals surface area contributed by atoms with Gasteiger partial charge in [0.25, 0.3) is 0 Å². The zero-order chi connectivity index (χ0) is 17.7. The van der Waals surface area contributed by atoms with Crippen LogP contribution in [0.1, 0.15) is 34.1 Å². The summed E-state index contributed by atoms with van der Waals surface area (Å²) in [4.78, 5) is 22.4. The van der Waals surface area contributed by atoms with Gasteiger partial charge in [-0.05, 0) is 18.3 Å².